The molecule has 1 aliphatic rings. The van der Waals surface area contributed by atoms with Crippen molar-refractivity contribution < 1.29 is 4.79 Å². The van der Waals surface area contributed by atoms with Crippen molar-refractivity contribution in [3.63, 3.8) is 0 Å². The van der Waals surface area contributed by atoms with Crippen LogP contribution in [0.1, 0.15) is 25.0 Å². The lowest BCUT2D eigenvalue weighted by atomic mass is 10.1. The van der Waals surface area contributed by atoms with Gasteiger partial charge >= 0.3 is 0 Å². The maximum absolute atomic E-state index is 12.1. The van der Waals surface area contributed by atoms with E-state index in [4.69, 9.17) is 0 Å². The number of fused-ring (bicyclic) bond motifs is 1. The number of carbonyl (C=O) groups excluding carboxylic acids is 1. The second-order valence-electron chi connectivity index (χ2n) is 4.44. The average Bonchev–Trinajstić information content (AvgIpc) is 2.64. The van der Waals surface area contributed by atoms with Gasteiger partial charge in [-0.15, -0.1) is 0 Å². The average molecular weight is 311 g/mol. The third-order valence-electron chi connectivity index (χ3n) is 3.11. The van der Waals surface area contributed by atoms with Gasteiger partial charge in [0.1, 0.15) is 0 Å². The van der Waals surface area contributed by atoms with Gasteiger partial charge in [0.05, 0.1) is 0 Å². The Labute approximate surface area is 114 Å². The lowest BCUT2D eigenvalue weighted by Gasteiger charge is -2.10. The Bertz CT molecular complexity index is 614. The number of aromatic nitrogens is 1. The maximum atomic E-state index is 12.1. The Hall–Kier alpha value is -1.36. The van der Waals surface area contributed by atoms with E-state index in [2.05, 4.69) is 21.2 Å². The Morgan fingerprint density at radius 2 is 2.22 bits per heavy atom. The van der Waals surface area contributed by atoms with Crippen molar-refractivity contribution in [2.24, 2.45) is 7.05 Å². The summed E-state index contributed by atoms with van der Waals surface area (Å²) in [5, 5.41) is 2.79. The number of amides is 1. The minimum absolute atomic E-state index is 0.0353. The van der Waals surface area contributed by atoms with Gasteiger partial charge in [0.15, 0.2) is 0 Å². The highest BCUT2D eigenvalue weighted by molar-refractivity contribution is 9.10. The van der Waals surface area contributed by atoms with Crippen LogP contribution >= 0.6 is 15.9 Å². The van der Waals surface area contributed by atoms with Gasteiger partial charge in [0.25, 0.3) is 11.5 Å². The molecule has 96 valence electrons. The fourth-order valence-electron chi connectivity index (χ4n) is 2.31. The van der Waals surface area contributed by atoms with Gasteiger partial charge in [-0.3, -0.25) is 9.59 Å². The molecule has 1 aliphatic carbocycles. The highest BCUT2D eigenvalue weighted by Gasteiger charge is 2.28. The largest absolute Gasteiger partial charge is 0.352 e. The van der Waals surface area contributed by atoms with Crippen molar-refractivity contribution >= 4 is 27.4 Å². The van der Waals surface area contributed by atoms with Crippen LogP contribution in [0.25, 0.3) is 5.57 Å². The van der Waals surface area contributed by atoms with Crippen molar-refractivity contribution in [1.29, 1.82) is 0 Å². The molecule has 1 N–H and O–H groups in total. The Kier molecular flexibility index (Phi) is 3.43. The number of aryl methyl sites for hydroxylation is 1. The van der Waals surface area contributed by atoms with E-state index in [1.165, 1.54) is 4.57 Å². The zero-order valence-electron chi connectivity index (χ0n) is 10.6. The molecular weight excluding hydrogens is 296 g/mol. The van der Waals surface area contributed by atoms with E-state index < -0.39 is 0 Å². The first kappa shape index (κ1) is 13.1. The van der Waals surface area contributed by atoms with E-state index in [9.17, 15) is 9.59 Å². The highest BCUT2D eigenvalue weighted by atomic mass is 79.9. The highest BCUT2D eigenvalue weighted by Crippen LogP contribution is 2.35. The number of carbonyl (C=O) groups is 1. The van der Waals surface area contributed by atoms with Gasteiger partial charge in [0, 0.05) is 47.4 Å². The second kappa shape index (κ2) is 4.72. The van der Waals surface area contributed by atoms with Crippen LogP contribution in [0.5, 0.6) is 0 Å². The summed E-state index contributed by atoms with van der Waals surface area (Å²) in [4.78, 5) is 24.1. The summed E-state index contributed by atoms with van der Waals surface area (Å²) in [6.45, 7) is 4.35. The minimum atomic E-state index is -0.109. The summed E-state index contributed by atoms with van der Waals surface area (Å²) in [5.74, 6) is -0.109. The van der Waals surface area contributed by atoms with Crippen molar-refractivity contribution in [2.45, 2.75) is 20.3 Å². The van der Waals surface area contributed by atoms with Gasteiger partial charge in [-0.1, -0.05) is 5.57 Å². The molecule has 5 heteroatoms. The zero-order valence-corrected chi connectivity index (χ0v) is 12.2. The number of hydrogen-bond acceptors (Lipinski definition) is 2. The normalized spacial score (nSPS) is 13.8. The molecule has 1 aromatic heterocycles. The molecule has 0 atom stereocenters. The van der Waals surface area contributed by atoms with E-state index in [1.807, 2.05) is 13.8 Å². The first-order valence-electron chi connectivity index (χ1n) is 5.83. The van der Waals surface area contributed by atoms with Gasteiger partial charge in [0.2, 0.25) is 0 Å². The summed E-state index contributed by atoms with van der Waals surface area (Å²) in [6.07, 6.45) is 2.26. The number of halogens is 1. The molecule has 0 saturated carbocycles. The van der Waals surface area contributed by atoms with Gasteiger partial charge in [-0.05, 0) is 29.8 Å². The van der Waals surface area contributed by atoms with Crippen LogP contribution in [-0.2, 0) is 18.3 Å². The summed E-state index contributed by atoms with van der Waals surface area (Å²) < 4.78 is 2.33. The molecular formula is C13H15BrN2O2. The Balaban J connectivity index is 2.63. The van der Waals surface area contributed by atoms with Crippen LogP contribution in [0, 0.1) is 0 Å². The molecule has 1 heterocycles. The predicted molar refractivity (Wildman–Crippen MR) is 74.4 cm³/mol. The van der Waals surface area contributed by atoms with Gasteiger partial charge in [-0.25, -0.2) is 0 Å². The Morgan fingerprint density at radius 1 is 1.56 bits per heavy atom. The number of pyridine rings is 1. The summed E-state index contributed by atoms with van der Waals surface area (Å²) >= 11 is 3.45. The summed E-state index contributed by atoms with van der Waals surface area (Å²) in [6, 6.07) is 0. The molecule has 1 amide bonds. The third-order valence-corrected chi connectivity index (χ3v) is 3.71. The molecule has 18 heavy (non-hydrogen) atoms. The Morgan fingerprint density at radius 3 is 2.83 bits per heavy atom. The molecule has 1 aromatic rings. The van der Waals surface area contributed by atoms with Crippen LogP contribution in [-0.4, -0.2) is 17.0 Å². The summed E-state index contributed by atoms with van der Waals surface area (Å²) in [5.41, 5.74) is 3.00. The van der Waals surface area contributed by atoms with Crippen molar-refractivity contribution in [1.82, 2.24) is 9.88 Å². The number of nitrogens with zero attached hydrogens (tertiary/aromatic N) is 1. The van der Waals surface area contributed by atoms with Crippen LogP contribution < -0.4 is 10.9 Å². The van der Waals surface area contributed by atoms with Crippen LogP contribution in [0.4, 0.5) is 0 Å². The van der Waals surface area contributed by atoms with Crippen LogP contribution in [0.15, 0.2) is 21.0 Å². The van der Waals surface area contributed by atoms with E-state index in [0.29, 0.717) is 24.1 Å². The number of rotatable bonds is 2. The van der Waals surface area contributed by atoms with Crippen molar-refractivity contribution in [3.05, 3.63) is 37.7 Å². The van der Waals surface area contributed by atoms with E-state index in [1.54, 1.807) is 13.2 Å². The molecule has 0 bridgehead atoms. The maximum Gasteiger partial charge on any atom is 0.254 e. The minimum Gasteiger partial charge on any atom is -0.352 e. The monoisotopic (exact) mass is 310 g/mol. The van der Waals surface area contributed by atoms with Gasteiger partial charge in [-0.2, -0.15) is 0 Å². The van der Waals surface area contributed by atoms with Gasteiger partial charge < -0.3 is 9.88 Å². The summed E-state index contributed by atoms with van der Waals surface area (Å²) in [7, 11) is 1.72. The number of hydrogen-bond donors (Lipinski definition) is 1. The third kappa shape index (κ3) is 1.92. The zero-order chi connectivity index (χ0) is 13.4. The first-order valence-corrected chi connectivity index (χ1v) is 6.63. The quantitative estimate of drug-likeness (QED) is 0.902. The molecule has 0 fully saturated rings. The molecule has 0 aromatic carbocycles. The number of allylic oxidation sites excluding steroid dienone is 1. The standard InChI is InChI=1S/C13H15BrN2O2/c1-4-15-12(17)10-7(2)5-8-11(10)9(14)6-16(3)13(8)18/h6H,4-5H2,1-3H3,(H,15,17). The number of nitrogens with one attached hydrogen (secondary N) is 1. The smallest absolute Gasteiger partial charge is 0.254 e. The first-order chi connectivity index (χ1) is 8.47. The predicted octanol–water partition coefficient (Wildman–Crippen LogP) is 1.61. The topological polar surface area (TPSA) is 51.1 Å². The fraction of sp³-hybridized carbons (Fsp3) is 0.385. The molecule has 4 nitrogen and oxygen atoms in total. The molecule has 2 rings (SSSR count). The second-order valence-corrected chi connectivity index (χ2v) is 5.29. The number of likely N-dealkylation sites (N-methyl/N-ethyl adjacent to an activating group) is 1. The van der Waals surface area contributed by atoms with Crippen molar-refractivity contribution in [3.8, 4) is 0 Å². The molecule has 0 unspecified atom stereocenters. The van der Waals surface area contributed by atoms with Crippen LogP contribution in [0.2, 0.25) is 0 Å². The molecule has 0 spiro atoms. The fourth-order valence-corrected chi connectivity index (χ4v) is 3.06. The van der Waals surface area contributed by atoms with Crippen molar-refractivity contribution in [2.75, 3.05) is 6.54 Å². The van der Waals surface area contributed by atoms with E-state index in [-0.39, 0.29) is 11.5 Å². The lowest BCUT2D eigenvalue weighted by molar-refractivity contribution is -0.115. The molecule has 0 aliphatic heterocycles. The van der Waals surface area contributed by atoms with Crippen LogP contribution in [0.3, 0.4) is 0 Å². The SMILES string of the molecule is CCNC(=O)C1=C(C)Cc2c1c(Br)cn(C)c2=O. The molecule has 0 radical (unpaired) electrons. The van der Waals surface area contributed by atoms with E-state index in [0.717, 1.165) is 15.6 Å². The molecule has 0 saturated heterocycles. The van der Waals surface area contributed by atoms with E-state index >= 15 is 0 Å². The lowest BCUT2D eigenvalue weighted by Crippen LogP contribution is -2.25.